The van der Waals surface area contributed by atoms with E-state index in [9.17, 15) is 12.8 Å². The zero-order valence-corrected chi connectivity index (χ0v) is 16.7. The Labute approximate surface area is 173 Å². The van der Waals surface area contributed by atoms with Gasteiger partial charge in [-0.1, -0.05) is 30.3 Å². The molecule has 0 amide bonds. The van der Waals surface area contributed by atoms with E-state index in [0.29, 0.717) is 5.56 Å². The van der Waals surface area contributed by atoms with E-state index in [1.54, 1.807) is 18.2 Å². The summed E-state index contributed by atoms with van der Waals surface area (Å²) in [4.78, 5) is 3.84. The molecule has 0 saturated carbocycles. The van der Waals surface area contributed by atoms with Gasteiger partial charge in [-0.2, -0.15) is 0 Å². The van der Waals surface area contributed by atoms with E-state index in [1.165, 1.54) is 30.5 Å². The fourth-order valence-electron chi connectivity index (χ4n) is 2.88. The van der Waals surface area contributed by atoms with Gasteiger partial charge in [-0.3, -0.25) is 4.72 Å². The average molecular weight is 424 g/mol. The number of aromatic nitrogens is 1. The van der Waals surface area contributed by atoms with Crippen LogP contribution in [0.4, 0.5) is 10.1 Å². The molecular weight excluding hydrogens is 407 g/mol. The van der Waals surface area contributed by atoms with Crippen molar-refractivity contribution in [3.05, 3.63) is 90.6 Å². The molecule has 6 nitrogen and oxygen atoms in total. The van der Waals surface area contributed by atoms with Crippen molar-refractivity contribution in [3.8, 4) is 23.0 Å². The quantitative estimate of drug-likeness (QED) is 0.449. The number of nitrogens with zero attached hydrogens (tertiary/aromatic N) is 1. The Hall–Kier alpha value is -3.65. The van der Waals surface area contributed by atoms with Gasteiger partial charge in [0, 0.05) is 12.1 Å². The number of hydrogen-bond acceptors (Lipinski definition) is 5. The van der Waals surface area contributed by atoms with Crippen LogP contribution in [0.1, 0.15) is 5.56 Å². The van der Waals surface area contributed by atoms with Gasteiger partial charge in [0.2, 0.25) is 5.88 Å². The van der Waals surface area contributed by atoms with Gasteiger partial charge in [-0.15, -0.1) is 0 Å². The maximum atomic E-state index is 14.3. The van der Waals surface area contributed by atoms with Crippen molar-refractivity contribution in [1.82, 2.24) is 4.98 Å². The van der Waals surface area contributed by atoms with Crippen molar-refractivity contribution in [3.63, 3.8) is 0 Å². The SMILES string of the molecule is Cc1ccccc1-c1ccc(F)c(NS(=O)(=O)c2ccc(Oc3ccco3)nc2)c1. The number of furan rings is 1. The summed E-state index contributed by atoms with van der Waals surface area (Å²) in [6.07, 6.45) is 2.57. The van der Waals surface area contributed by atoms with Gasteiger partial charge in [-0.05, 0) is 47.9 Å². The van der Waals surface area contributed by atoms with Gasteiger partial charge in [-0.25, -0.2) is 17.8 Å². The van der Waals surface area contributed by atoms with Crippen LogP contribution in [0.5, 0.6) is 11.8 Å². The molecule has 8 heteroatoms. The minimum atomic E-state index is -4.06. The summed E-state index contributed by atoms with van der Waals surface area (Å²) in [5.41, 5.74) is 2.44. The van der Waals surface area contributed by atoms with Crippen molar-refractivity contribution in [2.45, 2.75) is 11.8 Å². The second-order valence-corrected chi connectivity index (χ2v) is 8.16. The number of hydrogen-bond donors (Lipinski definition) is 1. The molecule has 0 bridgehead atoms. The van der Waals surface area contributed by atoms with Gasteiger partial charge < -0.3 is 9.15 Å². The molecule has 0 spiro atoms. The number of anilines is 1. The Balaban J connectivity index is 1.58. The van der Waals surface area contributed by atoms with Crippen LogP contribution < -0.4 is 9.46 Å². The highest BCUT2D eigenvalue weighted by Gasteiger charge is 2.18. The van der Waals surface area contributed by atoms with E-state index >= 15 is 0 Å². The van der Waals surface area contributed by atoms with E-state index in [1.807, 2.05) is 31.2 Å². The molecule has 2 heterocycles. The van der Waals surface area contributed by atoms with Gasteiger partial charge in [0.05, 0.1) is 18.1 Å². The third kappa shape index (κ3) is 4.18. The molecule has 4 rings (SSSR count). The summed E-state index contributed by atoms with van der Waals surface area (Å²) in [6, 6.07) is 17.9. The van der Waals surface area contributed by atoms with Gasteiger partial charge >= 0.3 is 0 Å². The standard InChI is InChI=1S/C22H17FN2O4S/c1-15-5-2-3-6-18(15)16-8-10-19(23)20(13-16)25-30(26,27)17-9-11-21(24-14-17)29-22-7-4-12-28-22/h2-14,25H,1H3. The van der Waals surface area contributed by atoms with Crippen molar-refractivity contribution < 1.29 is 22.0 Å². The van der Waals surface area contributed by atoms with Gasteiger partial charge in [0.25, 0.3) is 16.0 Å². The summed E-state index contributed by atoms with van der Waals surface area (Å²) < 4.78 is 52.5. The van der Waals surface area contributed by atoms with E-state index in [4.69, 9.17) is 9.15 Å². The molecular formula is C22H17FN2O4S. The molecule has 2 aromatic heterocycles. The zero-order chi connectivity index (χ0) is 21.1. The van der Waals surface area contributed by atoms with Crippen LogP contribution in [-0.4, -0.2) is 13.4 Å². The summed E-state index contributed by atoms with van der Waals surface area (Å²) in [7, 11) is -4.06. The van der Waals surface area contributed by atoms with Crippen molar-refractivity contribution in [2.75, 3.05) is 4.72 Å². The second kappa shape index (κ2) is 8.00. The minimum Gasteiger partial charge on any atom is -0.434 e. The predicted octanol–water partition coefficient (Wildman–Crippen LogP) is 5.38. The summed E-state index contributed by atoms with van der Waals surface area (Å²) in [5, 5.41) is 0. The Bertz CT molecular complexity index is 1270. The molecule has 152 valence electrons. The highest BCUT2D eigenvalue weighted by atomic mass is 32.2. The molecule has 30 heavy (non-hydrogen) atoms. The van der Waals surface area contributed by atoms with Crippen molar-refractivity contribution >= 4 is 15.7 Å². The van der Waals surface area contributed by atoms with Crippen LogP contribution in [-0.2, 0) is 10.0 Å². The van der Waals surface area contributed by atoms with Crippen LogP contribution in [0.3, 0.4) is 0 Å². The fraction of sp³-hybridized carbons (Fsp3) is 0.0455. The Morgan fingerprint density at radius 3 is 2.57 bits per heavy atom. The molecule has 0 radical (unpaired) electrons. The fourth-order valence-corrected chi connectivity index (χ4v) is 3.88. The van der Waals surface area contributed by atoms with Crippen LogP contribution in [0.15, 0.2) is 88.5 Å². The summed E-state index contributed by atoms with van der Waals surface area (Å²) >= 11 is 0. The lowest BCUT2D eigenvalue weighted by molar-refractivity contribution is 0.337. The Kier molecular flexibility index (Phi) is 5.24. The lowest BCUT2D eigenvalue weighted by atomic mass is 10.0. The first-order valence-electron chi connectivity index (χ1n) is 8.98. The lowest BCUT2D eigenvalue weighted by Crippen LogP contribution is -2.14. The van der Waals surface area contributed by atoms with Crippen molar-refractivity contribution in [1.29, 1.82) is 0 Å². The number of rotatable bonds is 6. The van der Waals surface area contributed by atoms with Crippen LogP contribution in [0.25, 0.3) is 11.1 Å². The Morgan fingerprint density at radius 2 is 1.87 bits per heavy atom. The molecule has 0 atom stereocenters. The molecule has 0 aliphatic heterocycles. The lowest BCUT2D eigenvalue weighted by Gasteiger charge is -2.12. The number of sulfonamides is 1. The maximum Gasteiger partial charge on any atom is 0.291 e. The number of ether oxygens (including phenoxy) is 1. The number of benzene rings is 2. The van der Waals surface area contributed by atoms with Crippen LogP contribution in [0, 0.1) is 12.7 Å². The molecule has 0 aliphatic carbocycles. The molecule has 4 aromatic rings. The Morgan fingerprint density at radius 1 is 1.03 bits per heavy atom. The average Bonchev–Trinajstić information content (AvgIpc) is 3.23. The van der Waals surface area contributed by atoms with E-state index < -0.39 is 15.8 Å². The van der Waals surface area contributed by atoms with E-state index in [-0.39, 0.29) is 22.4 Å². The smallest absolute Gasteiger partial charge is 0.291 e. The second-order valence-electron chi connectivity index (χ2n) is 6.48. The van der Waals surface area contributed by atoms with Crippen LogP contribution in [0.2, 0.25) is 0 Å². The molecule has 1 N–H and O–H groups in total. The number of halogens is 1. The predicted molar refractivity (Wildman–Crippen MR) is 110 cm³/mol. The highest BCUT2D eigenvalue weighted by Crippen LogP contribution is 2.29. The zero-order valence-electron chi connectivity index (χ0n) is 15.9. The maximum absolute atomic E-state index is 14.3. The van der Waals surface area contributed by atoms with Crippen molar-refractivity contribution in [2.24, 2.45) is 0 Å². The van der Waals surface area contributed by atoms with Gasteiger partial charge in [0.15, 0.2) is 0 Å². The highest BCUT2D eigenvalue weighted by molar-refractivity contribution is 7.92. The first kappa shape index (κ1) is 19.7. The molecule has 0 unspecified atom stereocenters. The molecule has 2 aromatic carbocycles. The third-order valence-corrected chi connectivity index (χ3v) is 5.74. The van der Waals surface area contributed by atoms with Gasteiger partial charge in [0.1, 0.15) is 10.7 Å². The first-order chi connectivity index (χ1) is 14.4. The monoisotopic (exact) mass is 424 g/mol. The number of nitrogens with one attached hydrogen (secondary N) is 1. The molecule has 0 aliphatic rings. The molecule has 0 saturated heterocycles. The number of pyridine rings is 1. The molecule has 0 fully saturated rings. The summed E-state index contributed by atoms with van der Waals surface area (Å²) in [5.74, 6) is -0.287. The number of aryl methyl sites for hydroxylation is 1. The topological polar surface area (TPSA) is 81.4 Å². The minimum absolute atomic E-state index is 0.130. The normalized spacial score (nSPS) is 11.3. The third-order valence-electron chi connectivity index (χ3n) is 4.39. The first-order valence-corrected chi connectivity index (χ1v) is 10.5. The largest absolute Gasteiger partial charge is 0.434 e. The summed E-state index contributed by atoms with van der Waals surface area (Å²) in [6.45, 7) is 1.93. The van der Waals surface area contributed by atoms with E-state index in [0.717, 1.165) is 17.3 Å². The van der Waals surface area contributed by atoms with E-state index in [2.05, 4.69) is 9.71 Å². The van der Waals surface area contributed by atoms with Crippen LogP contribution >= 0.6 is 0 Å².